The average molecular weight is 368 g/mol. The Bertz CT molecular complexity index is 721. The smallest absolute Gasteiger partial charge is 0.344 e. The number of esters is 1. The van der Waals surface area contributed by atoms with Crippen LogP contribution in [0.3, 0.4) is 0 Å². The van der Waals surface area contributed by atoms with Crippen molar-refractivity contribution in [3.63, 3.8) is 0 Å². The summed E-state index contributed by atoms with van der Waals surface area (Å²) in [6.07, 6.45) is 1.78. The van der Waals surface area contributed by atoms with Crippen molar-refractivity contribution in [3.05, 3.63) is 51.9 Å². The zero-order valence-corrected chi connectivity index (χ0v) is 13.1. The fourth-order valence-corrected chi connectivity index (χ4v) is 2.04. The minimum absolute atomic E-state index is 0.0565. The molecule has 0 spiro atoms. The molecule has 0 radical (unpaired) electrons. The summed E-state index contributed by atoms with van der Waals surface area (Å²) in [6, 6.07) is 5.52. The summed E-state index contributed by atoms with van der Waals surface area (Å²) < 4.78 is 24.6. The lowest BCUT2D eigenvalue weighted by molar-refractivity contribution is 0.0520. The third kappa shape index (κ3) is 3.48. The summed E-state index contributed by atoms with van der Waals surface area (Å²) in [5.41, 5.74) is -0.0809. The van der Waals surface area contributed by atoms with Gasteiger partial charge in [0, 0.05) is 16.2 Å². The Labute approximate surface area is 134 Å². The van der Waals surface area contributed by atoms with Crippen LogP contribution in [0.2, 0.25) is 0 Å². The van der Waals surface area contributed by atoms with Crippen LogP contribution in [0.5, 0.6) is 11.6 Å². The first-order chi connectivity index (χ1) is 10.6. The Morgan fingerprint density at radius 1 is 1.41 bits per heavy atom. The molecule has 1 aromatic heterocycles. The van der Waals surface area contributed by atoms with E-state index in [4.69, 9.17) is 9.47 Å². The number of nitrogens with zero attached hydrogens (tertiary/aromatic N) is 1. The summed E-state index contributed by atoms with van der Waals surface area (Å²) >= 11 is 3.13. The first-order valence-corrected chi connectivity index (χ1v) is 7.10. The van der Waals surface area contributed by atoms with Crippen LogP contribution in [0.15, 0.2) is 34.9 Å². The zero-order chi connectivity index (χ0) is 16.1. The molecule has 1 heterocycles. The molecule has 0 saturated heterocycles. The van der Waals surface area contributed by atoms with Gasteiger partial charge in [0.25, 0.3) is 0 Å². The van der Waals surface area contributed by atoms with Crippen LogP contribution in [-0.2, 0) is 4.74 Å². The quantitative estimate of drug-likeness (QED) is 0.594. The lowest BCUT2D eigenvalue weighted by atomic mass is 10.1. The monoisotopic (exact) mass is 367 g/mol. The molecule has 7 heteroatoms. The van der Waals surface area contributed by atoms with Gasteiger partial charge >= 0.3 is 5.97 Å². The Morgan fingerprint density at radius 3 is 2.82 bits per heavy atom. The van der Waals surface area contributed by atoms with Gasteiger partial charge in [-0.1, -0.05) is 15.9 Å². The third-order valence-corrected chi connectivity index (χ3v) is 3.15. The number of rotatable bonds is 5. The fraction of sp³-hybridized carbons (Fsp3) is 0.133. The van der Waals surface area contributed by atoms with Gasteiger partial charge in [0.2, 0.25) is 5.88 Å². The molecule has 0 aliphatic carbocycles. The average Bonchev–Trinajstić information content (AvgIpc) is 2.50. The summed E-state index contributed by atoms with van der Waals surface area (Å²) in [6.45, 7) is 1.75. The minimum Gasteiger partial charge on any atom is -0.462 e. The minimum atomic E-state index is -0.759. The number of carbonyl (C=O) groups excluding carboxylic acids is 2. The number of hydrogen-bond acceptors (Lipinski definition) is 5. The molecule has 0 amide bonds. The van der Waals surface area contributed by atoms with E-state index in [0.717, 1.165) is 0 Å². The highest BCUT2D eigenvalue weighted by Crippen LogP contribution is 2.29. The zero-order valence-electron chi connectivity index (χ0n) is 11.5. The SMILES string of the molecule is CCOC(=O)c1c(C=O)ccnc1Oc1ccc(Br)cc1F. The molecule has 2 rings (SSSR count). The molecule has 2 aromatic rings. The van der Waals surface area contributed by atoms with Crippen LogP contribution in [0.25, 0.3) is 0 Å². The van der Waals surface area contributed by atoms with Gasteiger partial charge in [-0.05, 0) is 31.2 Å². The van der Waals surface area contributed by atoms with E-state index in [1.54, 1.807) is 13.0 Å². The number of hydrogen-bond donors (Lipinski definition) is 0. The van der Waals surface area contributed by atoms with Crippen molar-refractivity contribution < 1.29 is 23.5 Å². The maximum atomic E-state index is 13.8. The number of pyridine rings is 1. The Hall–Kier alpha value is -2.28. The van der Waals surface area contributed by atoms with Crippen molar-refractivity contribution >= 4 is 28.2 Å². The van der Waals surface area contributed by atoms with Gasteiger partial charge in [-0.15, -0.1) is 0 Å². The second-order valence-electron chi connectivity index (χ2n) is 4.10. The first-order valence-electron chi connectivity index (χ1n) is 6.31. The van der Waals surface area contributed by atoms with Gasteiger partial charge < -0.3 is 9.47 Å². The number of ether oxygens (including phenoxy) is 2. The highest BCUT2D eigenvalue weighted by Gasteiger charge is 2.21. The van der Waals surface area contributed by atoms with E-state index in [1.807, 2.05) is 0 Å². The molecule has 0 saturated carbocycles. The maximum Gasteiger partial charge on any atom is 0.344 e. The van der Waals surface area contributed by atoms with Gasteiger partial charge in [0.15, 0.2) is 17.9 Å². The largest absolute Gasteiger partial charge is 0.462 e. The Morgan fingerprint density at radius 2 is 2.18 bits per heavy atom. The second-order valence-corrected chi connectivity index (χ2v) is 5.01. The van der Waals surface area contributed by atoms with Crippen LogP contribution in [0.4, 0.5) is 4.39 Å². The second kappa shape index (κ2) is 7.13. The molecular formula is C15H11BrFNO4. The van der Waals surface area contributed by atoms with Crippen LogP contribution >= 0.6 is 15.9 Å². The van der Waals surface area contributed by atoms with E-state index < -0.39 is 11.8 Å². The van der Waals surface area contributed by atoms with Crippen molar-refractivity contribution in [2.75, 3.05) is 6.61 Å². The van der Waals surface area contributed by atoms with Crippen LogP contribution in [0, 0.1) is 5.82 Å². The van der Waals surface area contributed by atoms with Gasteiger partial charge in [-0.2, -0.15) is 0 Å². The molecule has 22 heavy (non-hydrogen) atoms. The first kappa shape index (κ1) is 16.1. The van der Waals surface area contributed by atoms with E-state index in [0.29, 0.717) is 10.8 Å². The van der Waals surface area contributed by atoms with E-state index in [2.05, 4.69) is 20.9 Å². The summed E-state index contributed by atoms with van der Waals surface area (Å²) in [5, 5.41) is 0. The molecule has 0 N–H and O–H groups in total. The molecule has 5 nitrogen and oxygen atoms in total. The summed E-state index contributed by atoms with van der Waals surface area (Å²) in [4.78, 5) is 26.9. The van der Waals surface area contributed by atoms with Crippen molar-refractivity contribution in [3.8, 4) is 11.6 Å². The fourth-order valence-electron chi connectivity index (χ4n) is 1.70. The number of aldehydes is 1. The lowest BCUT2D eigenvalue weighted by Crippen LogP contribution is -2.11. The summed E-state index contributed by atoms with van der Waals surface area (Å²) in [5.74, 6) is -1.71. The van der Waals surface area contributed by atoms with E-state index in [-0.39, 0.29) is 29.4 Å². The van der Waals surface area contributed by atoms with Crippen LogP contribution < -0.4 is 4.74 Å². The van der Waals surface area contributed by atoms with E-state index in [1.165, 1.54) is 24.4 Å². The molecule has 0 unspecified atom stereocenters. The van der Waals surface area contributed by atoms with E-state index >= 15 is 0 Å². The number of benzene rings is 1. The molecule has 0 aliphatic rings. The molecule has 1 aromatic carbocycles. The van der Waals surface area contributed by atoms with Crippen molar-refractivity contribution in [2.24, 2.45) is 0 Å². The molecule has 0 atom stereocenters. The van der Waals surface area contributed by atoms with Gasteiger partial charge in [-0.25, -0.2) is 14.2 Å². The number of aromatic nitrogens is 1. The standard InChI is InChI=1S/C15H11BrFNO4/c1-2-21-15(20)13-9(8-19)5-6-18-14(13)22-12-4-3-10(16)7-11(12)17/h3-8H,2H2,1H3. The van der Waals surface area contributed by atoms with Gasteiger partial charge in [0.05, 0.1) is 6.61 Å². The molecule has 0 fully saturated rings. The van der Waals surface area contributed by atoms with Crippen LogP contribution in [-0.4, -0.2) is 23.8 Å². The molecular weight excluding hydrogens is 357 g/mol. The number of carbonyl (C=O) groups is 2. The van der Waals surface area contributed by atoms with Crippen molar-refractivity contribution in [1.82, 2.24) is 4.98 Å². The van der Waals surface area contributed by atoms with Crippen molar-refractivity contribution in [2.45, 2.75) is 6.92 Å². The topological polar surface area (TPSA) is 65.5 Å². The number of halogens is 2. The molecule has 0 bridgehead atoms. The normalized spacial score (nSPS) is 10.1. The third-order valence-electron chi connectivity index (χ3n) is 2.66. The highest BCUT2D eigenvalue weighted by atomic mass is 79.9. The predicted molar refractivity (Wildman–Crippen MR) is 79.8 cm³/mol. The van der Waals surface area contributed by atoms with Gasteiger partial charge in [-0.3, -0.25) is 4.79 Å². The van der Waals surface area contributed by atoms with E-state index in [9.17, 15) is 14.0 Å². The predicted octanol–water partition coefficient (Wildman–Crippen LogP) is 3.76. The summed E-state index contributed by atoms with van der Waals surface area (Å²) in [7, 11) is 0. The van der Waals surface area contributed by atoms with Crippen LogP contribution in [0.1, 0.15) is 27.6 Å². The maximum absolute atomic E-state index is 13.8. The molecule has 114 valence electrons. The Kier molecular flexibility index (Phi) is 5.21. The molecule has 0 aliphatic heterocycles. The highest BCUT2D eigenvalue weighted by molar-refractivity contribution is 9.10. The van der Waals surface area contributed by atoms with Gasteiger partial charge in [0.1, 0.15) is 5.56 Å². The van der Waals surface area contributed by atoms with Crippen molar-refractivity contribution in [1.29, 1.82) is 0 Å². The lowest BCUT2D eigenvalue weighted by Gasteiger charge is -2.11. The Balaban J connectivity index is 2.46.